The number of pyridine rings is 1. The molecule has 3 heterocycles. The molecule has 35 heavy (non-hydrogen) atoms. The first-order chi connectivity index (χ1) is 16.8. The molecular weight excluding hydrogens is 444 g/mol. The number of rotatable bonds is 8. The lowest BCUT2D eigenvalue weighted by molar-refractivity contribution is -0.121. The van der Waals surface area contributed by atoms with Gasteiger partial charge in [-0.3, -0.25) is 14.7 Å². The fourth-order valence-electron chi connectivity index (χ4n) is 4.51. The summed E-state index contributed by atoms with van der Waals surface area (Å²) in [4.78, 5) is 31.1. The van der Waals surface area contributed by atoms with Crippen LogP contribution < -0.4 is 15.0 Å². The number of ether oxygens (including phenoxy) is 1. The lowest BCUT2D eigenvalue weighted by Gasteiger charge is -2.25. The number of aromatic nitrogens is 3. The molecule has 192 valence electrons. The van der Waals surface area contributed by atoms with Gasteiger partial charge >= 0.3 is 0 Å². The Morgan fingerprint density at radius 3 is 2.63 bits per heavy atom. The summed E-state index contributed by atoms with van der Waals surface area (Å²) in [6, 6.07) is 3.79. The van der Waals surface area contributed by atoms with Crippen LogP contribution in [0, 0.1) is 0 Å². The van der Waals surface area contributed by atoms with E-state index in [0.29, 0.717) is 18.1 Å². The number of likely N-dealkylation sites (tertiary alicyclic amines) is 1. The fraction of sp³-hybridized carbons (Fsp3) is 0.615. The molecule has 0 atom stereocenters. The lowest BCUT2D eigenvalue weighted by atomic mass is 10.1. The van der Waals surface area contributed by atoms with Crippen LogP contribution in [0.3, 0.4) is 0 Å². The number of carbonyl (C=O) groups excluding carboxylic acids is 1. The highest BCUT2D eigenvalue weighted by Gasteiger charge is 2.24. The van der Waals surface area contributed by atoms with Gasteiger partial charge in [-0.1, -0.05) is 0 Å². The third kappa shape index (κ3) is 7.60. The summed E-state index contributed by atoms with van der Waals surface area (Å²) >= 11 is 0. The third-order valence-electron chi connectivity index (χ3n) is 6.00. The Morgan fingerprint density at radius 1 is 1.17 bits per heavy atom. The van der Waals surface area contributed by atoms with E-state index in [2.05, 4.69) is 15.2 Å². The molecule has 0 aromatic carbocycles. The van der Waals surface area contributed by atoms with Gasteiger partial charge in [-0.2, -0.15) is 0 Å². The largest absolute Gasteiger partial charge is 0.492 e. The van der Waals surface area contributed by atoms with Gasteiger partial charge in [0.25, 0.3) is 0 Å². The number of aliphatic hydroxyl groups excluding tert-OH is 1. The number of nitrogens with zero attached hydrogens (tertiary/aromatic N) is 5. The van der Waals surface area contributed by atoms with Gasteiger partial charge in [0.2, 0.25) is 5.91 Å². The normalized spacial score (nSPS) is 15.3. The predicted molar refractivity (Wildman–Crippen MR) is 138 cm³/mol. The number of hydrogen-bond donors (Lipinski definition) is 2. The van der Waals surface area contributed by atoms with E-state index >= 15 is 0 Å². The average Bonchev–Trinajstić information content (AvgIpc) is 3.50. The van der Waals surface area contributed by atoms with Crippen molar-refractivity contribution < 1.29 is 14.6 Å². The summed E-state index contributed by atoms with van der Waals surface area (Å²) < 4.78 is 6.00. The van der Waals surface area contributed by atoms with Crippen LogP contribution in [0.25, 0.3) is 11.5 Å². The van der Waals surface area contributed by atoms with Crippen LogP contribution in [0.5, 0.6) is 5.75 Å². The summed E-state index contributed by atoms with van der Waals surface area (Å²) in [6.45, 7) is 10.1. The SMILES string of the molecule is CN(CC(=O)NC(C)(C)C)c1nc(-c2cc(OCCN3CCCC3)ccn2)nc2c1CCC2.CO. The zero-order valence-corrected chi connectivity index (χ0v) is 21.8. The minimum absolute atomic E-state index is 0.0246. The first kappa shape index (κ1) is 26.8. The van der Waals surface area contributed by atoms with Crippen LogP contribution >= 0.6 is 0 Å². The van der Waals surface area contributed by atoms with Crippen molar-refractivity contribution >= 4 is 11.7 Å². The van der Waals surface area contributed by atoms with E-state index in [1.54, 1.807) is 6.20 Å². The minimum Gasteiger partial charge on any atom is -0.492 e. The van der Waals surface area contributed by atoms with E-state index in [0.717, 1.165) is 68.8 Å². The Bertz CT molecular complexity index is 986. The number of nitrogens with one attached hydrogen (secondary N) is 1. The summed E-state index contributed by atoms with van der Waals surface area (Å²) in [7, 11) is 2.91. The van der Waals surface area contributed by atoms with E-state index in [9.17, 15) is 4.79 Å². The molecule has 9 heteroatoms. The molecule has 4 rings (SSSR count). The van der Waals surface area contributed by atoms with Gasteiger partial charge in [0, 0.05) is 49.8 Å². The molecule has 0 bridgehead atoms. The van der Waals surface area contributed by atoms with Crippen LogP contribution in [-0.4, -0.2) is 83.3 Å². The predicted octanol–water partition coefficient (Wildman–Crippen LogP) is 2.46. The second-order valence-electron chi connectivity index (χ2n) is 10.1. The smallest absolute Gasteiger partial charge is 0.239 e. The number of fused-ring (bicyclic) bond motifs is 1. The maximum Gasteiger partial charge on any atom is 0.239 e. The number of carbonyl (C=O) groups is 1. The number of likely N-dealkylation sites (N-methyl/N-ethyl adjacent to an activating group) is 1. The van der Waals surface area contributed by atoms with Gasteiger partial charge in [0.1, 0.15) is 23.9 Å². The molecule has 0 radical (unpaired) electrons. The van der Waals surface area contributed by atoms with Gasteiger partial charge in [-0.05, 0) is 72.0 Å². The molecule has 2 aromatic heterocycles. The quantitative estimate of drug-likeness (QED) is 0.589. The maximum absolute atomic E-state index is 12.5. The minimum atomic E-state index is -0.268. The molecule has 9 nitrogen and oxygen atoms in total. The standard InChI is InChI=1S/C25H36N6O2.CH4O/c1-25(2,3)29-22(32)17-30(4)24-19-8-7-9-20(19)27-23(28-24)21-16-18(10-11-26-21)33-15-14-31-12-5-6-13-31;1-2/h10-11,16H,5-9,12-15,17H2,1-4H3,(H,29,32);2H,1H3. The molecule has 2 aliphatic rings. The summed E-state index contributed by atoms with van der Waals surface area (Å²) in [5.41, 5.74) is 2.62. The number of hydrogen-bond acceptors (Lipinski definition) is 8. The highest BCUT2D eigenvalue weighted by molar-refractivity contribution is 5.82. The van der Waals surface area contributed by atoms with E-state index in [4.69, 9.17) is 19.8 Å². The van der Waals surface area contributed by atoms with Gasteiger partial charge < -0.3 is 20.1 Å². The topological polar surface area (TPSA) is 104 Å². The molecule has 1 aliphatic heterocycles. The zero-order chi connectivity index (χ0) is 25.4. The molecule has 0 spiro atoms. The van der Waals surface area contributed by atoms with Crippen LogP contribution in [-0.2, 0) is 17.6 Å². The Morgan fingerprint density at radius 2 is 1.91 bits per heavy atom. The van der Waals surface area contributed by atoms with Crippen LogP contribution in [0.2, 0.25) is 0 Å². The number of amides is 1. The Labute approximate surface area is 208 Å². The van der Waals surface area contributed by atoms with E-state index in [1.807, 2.05) is 44.9 Å². The lowest BCUT2D eigenvalue weighted by Crippen LogP contribution is -2.45. The van der Waals surface area contributed by atoms with Crippen molar-refractivity contribution in [2.24, 2.45) is 0 Å². The number of aryl methyl sites for hydroxylation is 1. The molecule has 0 unspecified atom stereocenters. The number of anilines is 1. The fourth-order valence-corrected chi connectivity index (χ4v) is 4.51. The molecular formula is C26H40N6O3. The second kappa shape index (κ2) is 12.3. The molecule has 1 saturated heterocycles. The highest BCUT2D eigenvalue weighted by atomic mass is 16.5. The molecule has 2 aromatic rings. The van der Waals surface area contributed by atoms with Crippen molar-refractivity contribution in [2.75, 3.05) is 51.8 Å². The van der Waals surface area contributed by atoms with Gasteiger partial charge in [-0.15, -0.1) is 0 Å². The first-order valence-corrected chi connectivity index (χ1v) is 12.5. The van der Waals surface area contributed by atoms with Crippen molar-refractivity contribution in [1.29, 1.82) is 0 Å². The molecule has 1 fully saturated rings. The van der Waals surface area contributed by atoms with E-state index in [1.165, 1.54) is 12.8 Å². The summed E-state index contributed by atoms with van der Waals surface area (Å²) in [6.07, 6.45) is 7.22. The van der Waals surface area contributed by atoms with Gasteiger partial charge in [-0.25, -0.2) is 9.97 Å². The number of aliphatic hydroxyl groups is 1. The van der Waals surface area contributed by atoms with Gasteiger partial charge in [0.05, 0.1) is 6.54 Å². The van der Waals surface area contributed by atoms with Crippen molar-refractivity contribution in [1.82, 2.24) is 25.2 Å². The van der Waals surface area contributed by atoms with Crippen molar-refractivity contribution in [3.63, 3.8) is 0 Å². The molecule has 1 amide bonds. The summed E-state index contributed by atoms with van der Waals surface area (Å²) in [5, 5.41) is 10.0. The van der Waals surface area contributed by atoms with Crippen LogP contribution in [0.1, 0.15) is 51.3 Å². The first-order valence-electron chi connectivity index (χ1n) is 12.5. The Balaban J connectivity index is 0.00000167. The Hall–Kier alpha value is -2.78. The van der Waals surface area contributed by atoms with Crippen molar-refractivity contribution in [3.8, 4) is 17.3 Å². The molecule has 1 aliphatic carbocycles. The molecule has 2 N–H and O–H groups in total. The van der Waals surface area contributed by atoms with Crippen molar-refractivity contribution in [3.05, 3.63) is 29.6 Å². The van der Waals surface area contributed by atoms with E-state index in [-0.39, 0.29) is 18.0 Å². The monoisotopic (exact) mass is 484 g/mol. The van der Waals surface area contributed by atoms with E-state index < -0.39 is 0 Å². The van der Waals surface area contributed by atoms with Crippen LogP contribution in [0.4, 0.5) is 5.82 Å². The highest BCUT2D eigenvalue weighted by Crippen LogP contribution is 2.31. The molecule has 0 saturated carbocycles. The second-order valence-corrected chi connectivity index (χ2v) is 10.1. The average molecular weight is 485 g/mol. The maximum atomic E-state index is 12.5. The van der Waals surface area contributed by atoms with Crippen molar-refractivity contribution in [2.45, 2.75) is 58.4 Å². The van der Waals surface area contributed by atoms with Gasteiger partial charge in [0.15, 0.2) is 5.82 Å². The third-order valence-corrected chi connectivity index (χ3v) is 6.00. The zero-order valence-electron chi connectivity index (χ0n) is 21.8. The Kier molecular flexibility index (Phi) is 9.40. The summed E-state index contributed by atoms with van der Waals surface area (Å²) in [5.74, 6) is 2.16. The van der Waals surface area contributed by atoms with Crippen LogP contribution in [0.15, 0.2) is 18.3 Å².